The fourth-order valence-electron chi connectivity index (χ4n) is 1.92. The second kappa shape index (κ2) is 5.57. The van der Waals surface area contributed by atoms with E-state index in [0.29, 0.717) is 12.0 Å². The zero-order chi connectivity index (χ0) is 15.6. The molecule has 0 radical (unpaired) electrons. The number of benzene rings is 1. The summed E-state index contributed by atoms with van der Waals surface area (Å²) in [6, 6.07) is 5.14. The Balaban J connectivity index is 2.53. The summed E-state index contributed by atoms with van der Waals surface area (Å²) in [5, 5.41) is 3.75. The van der Waals surface area contributed by atoms with Crippen LogP contribution in [0.1, 0.15) is 21.6 Å². The summed E-state index contributed by atoms with van der Waals surface area (Å²) in [5.41, 5.74) is 9.77. The molecule has 0 saturated heterocycles. The summed E-state index contributed by atoms with van der Waals surface area (Å²) in [6.07, 6.45) is -2.94. The van der Waals surface area contributed by atoms with Gasteiger partial charge in [0, 0.05) is 6.20 Å². The number of halogens is 3. The Bertz CT molecular complexity index is 664. The van der Waals surface area contributed by atoms with Crippen LogP contribution in [0.15, 0.2) is 30.5 Å². The van der Waals surface area contributed by atoms with E-state index in [0.717, 1.165) is 10.7 Å². The van der Waals surface area contributed by atoms with Crippen LogP contribution in [0.25, 0.3) is 5.69 Å². The summed E-state index contributed by atoms with van der Waals surface area (Å²) in [7, 11) is 0. The number of amides is 1. The van der Waals surface area contributed by atoms with Crippen molar-refractivity contribution in [3.05, 3.63) is 47.3 Å². The molecule has 2 rings (SSSR count). The number of alkyl halides is 3. The standard InChI is InChI=1S/C13H13F3N4O/c14-13(15,16)9-7-8(3-5-17)1-2-11(9)20-6-4-10(19-20)12(18)21/h1-2,4,6-7H,3,5,17H2,(H2,18,21). The Morgan fingerprint density at radius 3 is 2.52 bits per heavy atom. The number of carbonyl (C=O) groups is 1. The Morgan fingerprint density at radius 2 is 2.00 bits per heavy atom. The van der Waals surface area contributed by atoms with Crippen molar-refractivity contribution in [1.29, 1.82) is 0 Å². The van der Waals surface area contributed by atoms with Crippen LogP contribution in [0.3, 0.4) is 0 Å². The topological polar surface area (TPSA) is 86.9 Å². The summed E-state index contributed by atoms with van der Waals surface area (Å²) in [4.78, 5) is 11.0. The minimum Gasteiger partial charge on any atom is -0.364 e. The van der Waals surface area contributed by atoms with E-state index in [9.17, 15) is 18.0 Å². The molecule has 112 valence electrons. The third kappa shape index (κ3) is 3.22. The van der Waals surface area contributed by atoms with Gasteiger partial charge in [-0.15, -0.1) is 0 Å². The lowest BCUT2D eigenvalue weighted by molar-refractivity contribution is -0.137. The fourth-order valence-corrected chi connectivity index (χ4v) is 1.92. The molecular weight excluding hydrogens is 285 g/mol. The van der Waals surface area contributed by atoms with Crippen molar-refractivity contribution in [2.75, 3.05) is 6.54 Å². The van der Waals surface area contributed by atoms with Crippen LogP contribution in [0.4, 0.5) is 13.2 Å². The van der Waals surface area contributed by atoms with Gasteiger partial charge in [0.1, 0.15) is 5.69 Å². The average molecular weight is 298 g/mol. The van der Waals surface area contributed by atoms with E-state index in [4.69, 9.17) is 11.5 Å². The van der Waals surface area contributed by atoms with Gasteiger partial charge in [0.25, 0.3) is 5.91 Å². The first kappa shape index (κ1) is 15.0. The maximum Gasteiger partial charge on any atom is 0.418 e. The highest BCUT2D eigenvalue weighted by Gasteiger charge is 2.34. The average Bonchev–Trinajstić information content (AvgIpc) is 2.87. The summed E-state index contributed by atoms with van der Waals surface area (Å²) in [5.74, 6) is -0.804. The van der Waals surface area contributed by atoms with Crippen molar-refractivity contribution in [3.8, 4) is 5.69 Å². The highest BCUT2D eigenvalue weighted by molar-refractivity contribution is 5.90. The molecule has 1 aromatic heterocycles. The minimum absolute atomic E-state index is 0.103. The van der Waals surface area contributed by atoms with Crippen molar-refractivity contribution in [2.24, 2.45) is 11.5 Å². The molecule has 5 nitrogen and oxygen atoms in total. The van der Waals surface area contributed by atoms with Crippen molar-refractivity contribution in [3.63, 3.8) is 0 Å². The number of aromatic nitrogens is 2. The van der Waals surface area contributed by atoms with Crippen LogP contribution >= 0.6 is 0 Å². The molecule has 0 unspecified atom stereocenters. The predicted octanol–water partition coefficient (Wildman–Crippen LogP) is 1.49. The van der Waals surface area contributed by atoms with Gasteiger partial charge in [-0.3, -0.25) is 4.79 Å². The van der Waals surface area contributed by atoms with Crippen LogP contribution in [0.5, 0.6) is 0 Å². The van der Waals surface area contributed by atoms with Crippen LogP contribution in [-0.2, 0) is 12.6 Å². The predicted molar refractivity (Wildman–Crippen MR) is 69.8 cm³/mol. The first-order valence-corrected chi connectivity index (χ1v) is 6.09. The van der Waals surface area contributed by atoms with Gasteiger partial charge < -0.3 is 11.5 Å². The highest BCUT2D eigenvalue weighted by Crippen LogP contribution is 2.34. The van der Waals surface area contributed by atoms with Gasteiger partial charge in [0.05, 0.1) is 11.3 Å². The van der Waals surface area contributed by atoms with Crippen LogP contribution in [0, 0.1) is 0 Å². The van der Waals surface area contributed by atoms with Gasteiger partial charge in [-0.2, -0.15) is 18.3 Å². The summed E-state index contributed by atoms with van der Waals surface area (Å²) in [6.45, 7) is 0.254. The molecule has 1 aromatic carbocycles. The van der Waals surface area contributed by atoms with Gasteiger partial charge in [-0.25, -0.2) is 4.68 Å². The summed E-state index contributed by atoms with van der Waals surface area (Å²) >= 11 is 0. The van der Waals surface area contributed by atoms with E-state index in [1.807, 2.05) is 0 Å². The van der Waals surface area contributed by atoms with Gasteiger partial charge in [-0.1, -0.05) is 6.07 Å². The molecule has 0 aliphatic carbocycles. The maximum atomic E-state index is 13.2. The first-order chi connectivity index (χ1) is 9.82. The number of primary amides is 1. The Kier molecular flexibility index (Phi) is 3.99. The monoisotopic (exact) mass is 298 g/mol. The molecule has 0 atom stereocenters. The van der Waals surface area contributed by atoms with Crippen molar-refractivity contribution >= 4 is 5.91 Å². The fraction of sp³-hybridized carbons (Fsp3) is 0.231. The van der Waals surface area contributed by atoms with E-state index in [1.165, 1.54) is 18.3 Å². The quantitative estimate of drug-likeness (QED) is 0.896. The Labute approximate surface area is 118 Å². The molecule has 1 heterocycles. The van der Waals surface area contributed by atoms with Crippen molar-refractivity contribution < 1.29 is 18.0 Å². The van der Waals surface area contributed by atoms with E-state index in [2.05, 4.69) is 5.10 Å². The third-order valence-electron chi connectivity index (χ3n) is 2.89. The van der Waals surface area contributed by atoms with Crippen LogP contribution in [0.2, 0.25) is 0 Å². The van der Waals surface area contributed by atoms with Gasteiger partial charge in [-0.05, 0) is 36.7 Å². The Hall–Kier alpha value is -2.35. The van der Waals surface area contributed by atoms with Gasteiger partial charge in [0.2, 0.25) is 0 Å². The zero-order valence-electron chi connectivity index (χ0n) is 10.9. The molecule has 0 bridgehead atoms. The van der Waals surface area contributed by atoms with Gasteiger partial charge in [0.15, 0.2) is 0 Å². The molecule has 4 N–H and O–H groups in total. The molecule has 2 aromatic rings. The van der Waals surface area contributed by atoms with Crippen LogP contribution < -0.4 is 11.5 Å². The number of carbonyl (C=O) groups excluding carboxylic acids is 1. The second-order valence-corrected chi connectivity index (χ2v) is 4.40. The number of hydrogen-bond acceptors (Lipinski definition) is 3. The van der Waals surface area contributed by atoms with Crippen molar-refractivity contribution in [1.82, 2.24) is 9.78 Å². The molecule has 0 aliphatic rings. The molecule has 0 aliphatic heterocycles. The largest absolute Gasteiger partial charge is 0.418 e. The number of nitrogens with zero attached hydrogens (tertiary/aromatic N) is 2. The van der Waals surface area contributed by atoms with Gasteiger partial charge >= 0.3 is 6.18 Å². The lowest BCUT2D eigenvalue weighted by atomic mass is 10.1. The Morgan fingerprint density at radius 1 is 1.29 bits per heavy atom. The van der Waals surface area contributed by atoms with E-state index in [1.54, 1.807) is 6.07 Å². The van der Waals surface area contributed by atoms with Crippen LogP contribution in [-0.4, -0.2) is 22.2 Å². The lowest BCUT2D eigenvalue weighted by Crippen LogP contribution is -2.15. The third-order valence-corrected chi connectivity index (χ3v) is 2.89. The molecule has 0 spiro atoms. The molecule has 0 fully saturated rings. The lowest BCUT2D eigenvalue weighted by Gasteiger charge is -2.14. The van der Waals surface area contributed by atoms with E-state index >= 15 is 0 Å². The molecule has 8 heteroatoms. The minimum atomic E-state index is -4.54. The molecule has 1 amide bonds. The zero-order valence-corrected chi connectivity index (χ0v) is 10.9. The highest BCUT2D eigenvalue weighted by atomic mass is 19.4. The second-order valence-electron chi connectivity index (χ2n) is 4.40. The summed E-state index contributed by atoms with van der Waals surface area (Å²) < 4.78 is 40.4. The SMILES string of the molecule is NCCc1ccc(-n2ccc(C(N)=O)n2)c(C(F)(F)F)c1. The van der Waals surface area contributed by atoms with E-state index in [-0.39, 0.29) is 17.9 Å². The first-order valence-electron chi connectivity index (χ1n) is 6.09. The molecule has 21 heavy (non-hydrogen) atoms. The number of nitrogens with two attached hydrogens (primary N) is 2. The molecule has 0 saturated carbocycles. The van der Waals surface area contributed by atoms with E-state index < -0.39 is 17.6 Å². The normalized spacial score (nSPS) is 11.6. The maximum absolute atomic E-state index is 13.2. The number of hydrogen-bond donors (Lipinski definition) is 2. The molecular formula is C13H13F3N4O. The van der Waals surface area contributed by atoms with Crippen molar-refractivity contribution in [2.45, 2.75) is 12.6 Å². The smallest absolute Gasteiger partial charge is 0.364 e. The number of rotatable bonds is 4.